The highest BCUT2D eigenvalue weighted by Crippen LogP contribution is 2.41. The molecule has 29 heavy (non-hydrogen) atoms. The molecule has 0 saturated carbocycles. The van der Waals surface area contributed by atoms with E-state index in [-0.39, 0.29) is 28.5 Å². The lowest BCUT2D eigenvalue weighted by Gasteiger charge is -2.12. The Bertz CT molecular complexity index is 1120. The molecule has 6 nitrogen and oxygen atoms in total. The number of nitrogens with one attached hydrogen (secondary N) is 1. The third-order valence-electron chi connectivity index (χ3n) is 4.24. The van der Waals surface area contributed by atoms with Crippen molar-refractivity contribution >= 4 is 15.7 Å². The van der Waals surface area contributed by atoms with E-state index in [1.54, 1.807) is 31.2 Å². The summed E-state index contributed by atoms with van der Waals surface area (Å²) in [6, 6.07) is 12.2. The van der Waals surface area contributed by atoms with Gasteiger partial charge in [-0.25, -0.2) is 18.2 Å². The average molecular weight is 424 g/mol. The zero-order chi connectivity index (χ0) is 21.4. The number of primary sulfonamides is 1. The third-order valence-corrected chi connectivity index (χ3v) is 5.17. The Balaban J connectivity index is 2.29. The highest BCUT2D eigenvalue weighted by atomic mass is 32.2. The van der Waals surface area contributed by atoms with E-state index >= 15 is 0 Å². The number of nitrogens with zero attached hydrogens (tertiary/aromatic N) is 2. The molecule has 2 aromatic carbocycles. The predicted molar refractivity (Wildman–Crippen MR) is 104 cm³/mol. The topological polar surface area (TPSA) is 90.0 Å². The standard InChI is InChI=1S/C19H19F3N4O2S/c1-3-24-16-17(13-6-4-12(2)5-7-13)26(25-18(16)19(20,21)22)14-8-10-15(11-9-14)29(23,27)28/h4-11,24H,3H2,1-2H3,(H2,23,27,28). The normalized spacial score (nSPS) is 12.2. The first-order valence-corrected chi connectivity index (χ1v) is 10.2. The van der Waals surface area contributed by atoms with Crippen LogP contribution >= 0.6 is 0 Å². The number of rotatable bonds is 5. The molecule has 0 bridgehead atoms. The van der Waals surface area contributed by atoms with E-state index in [0.717, 1.165) is 10.2 Å². The van der Waals surface area contributed by atoms with Crippen LogP contribution in [-0.2, 0) is 16.2 Å². The fourth-order valence-corrected chi connectivity index (χ4v) is 3.42. The van der Waals surface area contributed by atoms with Gasteiger partial charge in [-0.05, 0) is 38.1 Å². The van der Waals surface area contributed by atoms with Crippen molar-refractivity contribution in [2.45, 2.75) is 24.9 Å². The maximum Gasteiger partial charge on any atom is 0.437 e. The van der Waals surface area contributed by atoms with Crippen LogP contribution in [0.4, 0.5) is 18.9 Å². The number of aromatic nitrogens is 2. The summed E-state index contributed by atoms with van der Waals surface area (Å²) in [5.74, 6) is 0. The molecule has 10 heteroatoms. The van der Waals surface area contributed by atoms with Gasteiger partial charge in [-0.1, -0.05) is 29.8 Å². The van der Waals surface area contributed by atoms with E-state index in [4.69, 9.17) is 5.14 Å². The van der Waals surface area contributed by atoms with Crippen molar-refractivity contribution in [1.82, 2.24) is 9.78 Å². The van der Waals surface area contributed by atoms with Gasteiger partial charge in [0, 0.05) is 12.1 Å². The van der Waals surface area contributed by atoms with Gasteiger partial charge >= 0.3 is 6.18 Å². The van der Waals surface area contributed by atoms with E-state index in [9.17, 15) is 21.6 Å². The maximum absolute atomic E-state index is 13.7. The van der Waals surface area contributed by atoms with E-state index in [2.05, 4.69) is 10.4 Å². The lowest BCUT2D eigenvalue weighted by molar-refractivity contribution is -0.140. The first-order valence-electron chi connectivity index (χ1n) is 8.66. The van der Waals surface area contributed by atoms with Crippen LogP contribution in [0.1, 0.15) is 18.2 Å². The Labute approximate surface area is 166 Å². The predicted octanol–water partition coefficient (Wildman–Crippen LogP) is 3.95. The van der Waals surface area contributed by atoms with Crippen LogP contribution in [-0.4, -0.2) is 24.7 Å². The number of hydrogen-bond acceptors (Lipinski definition) is 4. The molecule has 1 heterocycles. The van der Waals surface area contributed by atoms with Crippen molar-refractivity contribution in [3.63, 3.8) is 0 Å². The maximum atomic E-state index is 13.7. The Kier molecular flexibility index (Phi) is 5.42. The van der Waals surface area contributed by atoms with Crippen molar-refractivity contribution < 1.29 is 21.6 Å². The molecule has 0 saturated heterocycles. The fourth-order valence-electron chi connectivity index (χ4n) is 2.90. The minimum atomic E-state index is -4.68. The molecule has 3 rings (SSSR count). The quantitative estimate of drug-likeness (QED) is 0.649. The first kappa shape index (κ1) is 20.9. The summed E-state index contributed by atoms with van der Waals surface area (Å²) in [6.07, 6.45) is -4.68. The molecule has 3 N–H and O–H groups in total. The number of nitrogens with two attached hydrogens (primary N) is 1. The van der Waals surface area contributed by atoms with E-state index < -0.39 is 21.9 Å². The van der Waals surface area contributed by atoms with E-state index in [1.807, 2.05) is 6.92 Å². The van der Waals surface area contributed by atoms with Crippen LogP contribution in [0.15, 0.2) is 53.4 Å². The molecule has 0 atom stereocenters. The summed E-state index contributed by atoms with van der Waals surface area (Å²) in [7, 11) is -3.93. The van der Waals surface area contributed by atoms with Gasteiger partial charge in [0.25, 0.3) is 0 Å². The van der Waals surface area contributed by atoms with Crippen molar-refractivity contribution in [2.75, 3.05) is 11.9 Å². The second-order valence-electron chi connectivity index (χ2n) is 6.42. The van der Waals surface area contributed by atoms with Crippen molar-refractivity contribution in [3.05, 3.63) is 59.8 Å². The summed E-state index contributed by atoms with van der Waals surface area (Å²) in [4.78, 5) is -0.145. The highest BCUT2D eigenvalue weighted by molar-refractivity contribution is 7.89. The molecule has 0 aliphatic heterocycles. The largest absolute Gasteiger partial charge is 0.437 e. The summed E-state index contributed by atoms with van der Waals surface area (Å²) < 4.78 is 65.1. The summed E-state index contributed by atoms with van der Waals surface area (Å²) in [6.45, 7) is 3.83. The van der Waals surface area contributed by atoms with Crippen molar-refractivity contribution in [2.24, 2.45) is 5.14 Å². The van der Waals surface area contributed by atoms with Crippen LogP contribution in [0.2, 0.25) is 0 Å². The number of benzene rings is 2. The Morgan fingerprint density at radius 3 is 2.14 bits per heavy atom. The number of halogens is 3. The Morgan fingerprint density at radius 2 is 1.66 bits per heavy atom. The van der Waals surface area contributed by atoms with Crippen LogP contribution in [0.5, 0.6) is 0 Å². The molecule has 154 valence electrons. The van der Waals surface area contributed by atoms with Crippen LogP contribution in [0.25, 0.3) is 16.9 Å². The lowest BCUT2D eigenvalue weighted by atomic mass is 10.1. The minimum absolute atomic E-state index is 0.139. The first-order chi connectivity index (χ1) is 13.5. The number of anilines is 1. The average Bonchev–Trinajstić information content (AvgIpc) is 3.02. The van der Waals surface area contributed by atoms with Crippen LogP contribution in [0, 0.1) is 6.92 Å². The molecule has 0 aliphatic carbocycles. The zero-order valence-corrected chi connectivity index (χ0v) is 16.5. The molecule has 1 aromatic heterocycles. The van der Waals surface area contributed by atoms with Gasteiger partial charge in [-0.3, -0.25) is 0 Å². The van der Waals surface area contributed by atoms with Gasteiger partial charge in [0.1, 0.15) is 0 Å². The lowest BCUT2D eigenvalue weighted by Crippen LogP contribution is -2.12. The zero-order valence-electron chi connectivity index (χ0n) is 15.7. The molecule has 0 fully saturated rings. The van der Waals surface area contributed by atoms with E-state index in [1.165, 1.54) is 24.3 Å². The number of aryl methyl sites for hydroxylation is 1. The number of hydrogen-bond donors (Lipinski definition) is 2. The molecule has 0 spiro atoms. The Hall–Kier alpha value is -2.85. The van der Waals surface area contributed by atoms with Gasteiger partial charge < -0.3 is 5.32 Å². The van der Waals surface area contributed by atoms with Crippen molar-refractivity contribution in [1.29, 1.82) is 0 Å². The molecule has 0 aliphatic rings. The monoisotopic (exact) mass is 424 g/mol. The van der Waals surface area contributed by atoms with Crippen molar-refractivity contribution in [3.8, 4) is 16.9 Å². The number of alkyl halides is 3. The molecule has 0 amide bonds. The van der Waals surface area contributed by atoms with Gasteiger partial charge in [-0.2, -0.15) is 18.3 Å². The molecule has 0 unspecified atom stereocenters. The summed E-state index contributed by atoms with van der Waals surface area (Å²) in [5.41, 5.74) is 0.790. The second-order valence-corrected chi connectivity index (χ2v) is 7.98. The van der Waals surface area contributed by atoms with Gasteiger partial charge in [-0.15, -0.1) is 0 Å². The van der Waals surface area contributed by atoms with Crippen LogP contribution < -0.4 is 10.5 Å². The molecular weight excluding hydrogens is 405 g/mol. The third kappa shape index (κ3) is 4.28. The highest BCUT2D eigenvalue weighted by Gasteiger charge is 2.40. The SMILES string of the molecule is CCNc1c(C(F)(F)F)nn(-c2ccc(S(N)(=O)=O)cc2)c1-c1ccc(C)cc1. The van der Waals surface area contributed by atoms with Crippen LogP contribution in [0.3, 0.4) is 0 Å². The fraction of sp³-hybridized carbons (Fsp3) is 0.211. The van der Waals surface area contributed by atoms with Gasteiger partial charge in [0.05, 0.1) is 22.0 Å². The smallest absolute Gasteiger partial charge is 0.382 e. The summed E-state index contributed by atoms with van der Waals surface area (Å²) >= 11 is 0. The second kappa shape index (κ2) is 7.53. The molecular formula is C19H19F3N4O2S. The van der Waals surface area contributed by atoms with Gasteiger partial charge in [0.2, 0.25) is 10.0 Å². The number of sulfonamides is 1. The molecule has 3 aromatic rings. The van der Waals surface area contributed by atoms with Gasteiger partial charge in [0.15, 0.2) is 5.69 Å². The van der Waals surface area contributed by atoms with E-state index in [0.29, 0.717) is 5.56 Å². The Morgan fingerprint density at radius 1 is 1.07 bits per heavy atom. The molecule has 0 radical (unpaired) electrons. The minimum Gasteiger partial charge on any atom is -0.382 e. The summed E-state index contributed by atoms with van der Waals surface area (Å²) in [5, 5.41) is 11.7.